The lowest BCUT2D eigenvalue weighted by molar-refractivity contribution is -0.122. The van der Waals surface area contributed by atoms with E-state index >= 15 is 0 Å². The first-order valence-corrected chi connectivity index (χ1v) is 9.72. The van der Waals surface area contributed by atoms with Crippen LogP contribution in [0.3, 0.4) is 0 Å². The van der Waals surface area contributed by atoms with Crippen molar-refractivity contribution in [2.45, 2.75) is 38.2 Å². The van der Waals surface area contributed by atoms with E-state index in [1.54, 1.807) is 24.3 Å². The highest BCUT2D eigenvalue weighted by molar-refractivity contribution is 6.03. The van der Waals surface area contributed by atoms with Crippen molar-refractivity contribution in [3.8, 4) is 5.75 Å². The highest BCUT2D eigenvalue weighted by Crippen LogP contribution is 2.29. The van der Waals surface area contributed by atoms with Gasteiger partial charge in [0.25, 0.3) is 0 Å². The normalized spacial score (nSPS) is 19.8. The summed E-state index contributed by atoms with van der Waals surface area (Å²) in [6.07, 6.45) is 4.82. The third-order valence-corrected chi connectivity index (χ3v) is 5.35. The molecule has 1 saturated carbocycles. The number of carbonyl (C=O) groups is 2. The Kier molecular flexibility index (Phi) is 5.28. The van der Waals surface area contributed by atoms with Crippen LogP contribution in [0.4, 0.5) is 15.8 Å². The van der Waals surface area contributed by atoms with Gasteiger partial charge in [-0.05, 0) is 49.9 Å². The van der Waals surface area contributed by atoms with Crippen LogP contribution in [-0.2, 0) is 9.59 Å². The number of benzene rings is 2. The molecule has 2 aromatic carbocycles. The molecule has 0 spiro atoms. The average Bonchev–Trinajstić information content (AvgIpc) is 3.32. The molecule has 1 heterocycles. The number of nitrogens with zero attached hydrogens (tertiary/aromatic N) is 1. The van der Waals surface area contributed by atoms with E-state index in [2.05, 4.69) is 5.32 Å². The minimum atomic E-state index is -0.522. The van der Waals surface area contributed by atoms with E-state index < -0.39 is 11.7 Å². The molecule has 146 valence electrons. The van der Waals surface area contributed by atoms with Crippen molar-refractivity contribution in [3.63, 3.8) is 0 Å². The summed E-state index contributed by atoms with van der Waals surface area (Å²) in [7, 11) is 0. The molecule has 1 saturated heterocycles. The van der Waals surface area contributed by atoms with Crippen molar-refractivity contribution in [3.05, 3.63) is 54.3 Å². The highest BCUT2D eigenvalue weighted by atomic mass is 19.1. The first-order chi connectivity index (χ1) is 13.6. The van der Waals surface area contributed by atoms with Gasteiger partial charge in [-0.3, -0.25) is 9.59 Å². The molecular weight excluding hydrogens is 359 g/mol. The Morgan fingerprint density at radius 2 is 1.89 bits per heavy atom. The van der Waals surface area contributed by atoms with Gasteiger partial charge in [0.05, 0.1) is 17.7 Å². The SMILES string of the molecule is O=C(Nc1cccc(OC2CCCC2)c1)C1CC(=O)N(c2ccccc2F)C1. The molecule has 2 aliphatic rings. The van der Waals surface area contributed by atoms with Crippen molar-refractivity contribution in [2.24, 2.45) is 5.92 Å². The van der Waals surface area contributed by atoms with Gasteiger partial charge >= 0.3 is 0 Å². The van der Waals surface area contributed by atoms with E-state index in [4.69, 9.17) is 4.74 Å². The smallest absolute Gasteiger partial charge is 0.229 e. The monoisotopic (exact) mass is 382 g/mol. The van der Waals surface area contributed by atoms with Crippen molar-refractivity contribution in [1.82, 2.24) is 0 Å². The van der Waals surface area contributed by atoms with Crippen LogP contribution in [0, 0.1) is 11.7 Å². The van der Waals surface area contributed by atoms with E-state index in [-0.39, 0.29) is 36.6 Å². The number of carbonyl (C=O) groups excluding carboxylic acids is 2. The molecule has 1 N–H and O–H groups in total. The van der Waals surface area contributed by atoms with Gasteiger partial charge in [0.15, 0.2) is 0 Å². The topological polar surface area (TPSA) is 58.6 Å². The van der Waals surface area contributed by atoms with Gasteiger partial charge in [-0.2, -0.15) is 0 Å². The van der Waals surface area contributed by atoms with Crippen LogP contribution >= 0.6 is 0 Å². The Morgan fingerprint density at radius 3 is 2.68 bits per heavy atom. The Labute approximate surface area is 163 Å². The number of anilines is 2. The number of halogens is 1. The first kappa shape index (κ1) is 18.5. The van der Waals surface area contributed by atoms with E-state index in [1.165, 1.54) is 23.8 Å². The maximum atomic E-state index is 14.0. The minimum absolute atomic E-state index is 0.0679. The average molecular weight is 382 g/mol. The van der Waals surface area contributed by atoms with Gasteiger partial charge in [0.2, 0.25) is 11.8 Å². The molecular formula is C22H23FN2O3. The van der Waals surface area contributed by atoms with Crippen molar-refractivity contribution < 1.29 is 18.7 Å². The number of hydrogen-bond donors (Lipinski definition) is 1. The molecule has 1 aliphatic heterocycles. The van der Waals surface area contributed by atoms with Crippen LogP contribution in [0.2, 0.25) is 0 Å². The van der Waals surface area contributed by atoms with Gasteiger partial charge in [-0.25, -0.2) is 4.39 Å². The summed E-state index contributed by atoms with van der Waals surface area (Å²) in [5.74, 6) is -0.742. The third-order valence-electron chi connectivity index (χ3n) is 5.35. The Balaban J connectivity index is 1.40. The van der Waals surface area contributed by atoms with Crippen LogP contribution in [-0.4, -0.2) is 24.5 Å². The molecule has 1 aliphatic carbocycles. The summed E-state index contributed by atoms with van der Waals surface area (Å²) < 4.78 is 20.0. The summed E-state index contributed by atoms with van der Waals surface area (Å²) in [5, 5.41) is 2.86. The molecule has 6 heteroatoms. The van der Waals surface area contributed by atoms with Gasteiger partial charge in [0.1, 0.15) is 11.6 Å². The highest BCUT2D eigenvalue weighted by Gasteiger charge is 2.36. The largest absolute Gasteiger partial charge is 0.490 e. The van der Waals surface area contributed by atoms with Crippen molar-refractivity contribution >= 4 is 23.2 Å². The third kappa shape index (κ3) is 4.01. The lowest BCUT2D eigenvalue weighted by Gasteiger charge is -2.17. The molecule has 28 heavy (non-hydrogen) atoms. The molecule has 4 rings (SSSR count). The van der Waals surface area contributed by atoms with Crippen LogP contribution < -0.4 is 15.0 Å². The second-order valence-corrected chi connectivity index (χ2v) is 7.40. The Morgan fingerprint density at radius 1 is 1.11 bits per heavy atom. The lowest BCUT2D eigenvalue weighted by Crippen LogP contribution is -2.28. The van der Waals surface area contributed by atoms with Gasteiger partial charge in [-0.15, -0.1) is 0 Å². The standard InChI is InChI=1S/C22H23FN2O3/c23-19-10-3-4-11-20(19)25-14-15(12-21(25)26)22(27)24-16-6-5-9-18(13-16)28-17-7-1-2-8-17/h3-6,9-11,13,15,17H,1-2,7-8,12,14H2,(H,24,27). The van der Waals surface area contributed by atoms with E-state index in [0.29, 0.717) is 5.69 Å². The summed E-state index contributed by atoms with van der Waals surface area (Å²) in [4.78, 5) is 26.3. The van der Waals surface area contributed by atoms with Crippen LogP contribution in [0.1, 0.15) is 32.1 Å². The van der Waals surface area contributed by atoms with Gasteiger partial charge < -0.3 is 15.0 Å². The maximum Gasteiger partial charge on any atom is 0.229 e. The van der Waals surface area contributed by atoms with Crippen molar-refractivity contribution in [2.75, 3.05) is 16.8 Å². The van der Waals surface area contributed by atoms with E-state index in [0.717, 1.165) is 18.6 Å². The molecule has 0 radical (unpaired) electrons. The number of ether oxygens (including phenoxy) is 1. The van der Waals surface area contributed by atoms with E-state index in [1.807, 2.05) is 18.2 Å². The number of rotatable bonds is 5. The number of para-hydroxylation sites is 1. The number of hydrogen-bond acceptors (Lipinski definition) is 3. The quantitative estimate of drug-likeness (QED) is 0.846. The predicted octanol–water partition coefficient (Wildman–Crippen LogP) is 4.14. The molecule has 2 amide bonds. The fraction of sp³-hybridized carbons (Fsp3) is 0.364. The van der Waals surface area contributed by atoms with Crippen LogP contribution in [0.15, 0.2) is 48.5 Å². The molecule has 0 aromatic heterocycles. The Bertz CT molecular complexity index is 880. The molecule has 2 fully saturated rings. The molecule has 0 bridgehead atoms. The summed E-state index contributed by atoms with van der Waals surface area (Å²) in [6, 6.07) is 13.4. The zero-order valence-corrected chi connectivity index (χ0v) is 15.6. The zero-order valence-electron chi connectivity index (χ0n) is 15.6. The fourth-order valence-electron chi connectivity index (χ4n) is 3.88. The fourth-order valence-corrected chi connectivity index (χ4v) is 3.88. The Hall–Kier alpha value is -2.89. The summed E-state index contributed by atoms with van der Waals surface area (Å²) in [6.45, 7) is 0.171. The minimum Gasteiger partial charge on any atom is -0.490 e. The molecule has 1 unspecified atom stereocenters. The van der Waals surface area contributed by atoms with E-state index in [9.17, 15) is 14.0 Å². The zero-order chi connectivity index (χ0) is 19.5. The summed E-state index contributed by atoms with van der Waals surface area (Å²) >= 11 is 0. The van der Waals surface area contributed by atoms with Gasteiger partial charge in [0, 0.05) is 24.7 Å². The maximum absolute atomic E-state index is 14.0. The second-order valence-electron chi connectivity index (χ2n) is 7.40. The van der Waals surface area contributed by atoms with Crippen LogP contribution in [0.5, 0.6) is 5.75 Å². The number of nitrogens with one attached hydrogen (secondary N) is 1. The predicted molar refractivity (Wildman–Crippen MR) is 105 cm³/mol. The molecule has 5 nitrogen and oxygen atoms in total. The summed E-state index contributed by atoms with van der Waals surface area (Å²) in [5.41, 5.74) is 0.854. The second kappa shape index (κ2) is 8.00. The molecule has 2 aromatic rings. The number of amides is 2. The lowest BCUT2D eigenvalue weighted by atomic mass is 10.1. The van der Waals surface area contributed by atoms with Gasteiger partial charge in [-0.1, -0.05) is 18.2 Å². The first-order valence-electron chi connectivity index (χ1n) is 9.72. The van der Waals surface area contributed by atoms with Crippen molar-refractivity contribution in [1.29, 1.82) is 0 Å². The molecule has 1 atom stereocenters. The van der Waals surface area contributed by atoms with Crippen LogP contribution in [0.25, 0.3) is 0 Å².